The lowest BCUT2D eigenvalue weighted by molar-refractivity contribution is -0.0947. The average molecular weight is 225 g/mol. The summed E-state index contributed by atoms with van der Waals surface area (Å²) in [4.78, 5) is 2.09. The molecule has 2 rings (SSSR count). The van der Waals surface area contributed by atoms with Crippen LogP contribution in [0.4, 0.5) is 10.1 Å². The van der Waals surface area contributed by atoms with E-state index in [1.165, 1.54) is 11.6 Å². The van der Waals surface area contributed by atoms with Crippen molar-refractivity contribution in [2.24, 2.45) is 0 Å². The zero-order valence-corrected chi connectivity index (χ0v) is 9.57. The first-order valence-corrected chi connectivity index (χ1v) is 5.33. The van der Waals surface area contributed by atoms with Crippen molar-refractivity contribution in [3.8, 4) is 0 Å². The molecule has 0 atom stereocenters. The summed E-state index contributed by atoms with van der Waals surface area (Å²) in [5.41, 5.74) is 2.14. The standard InChI is InChI=1S/C12H16FNO2/c1-15-12(16-2)8-14-6-5-9-3-4-10(13)7-11(9)14/h3-4,7,12H,5-6,8H2,1-2H3. The van der Waals surface area contributed by atoms with Gasteiger partial charge in [-0.2, -0.15) is 0 Å². The number of rotatable bonds is 4. The van der Waals surface area contributed by atoms with E-state index in [-0.39, 0.29) is 12.1 Å². The molecule has 0 fully saturated rings. The fourth-order valence-electron chi connectivity index (χ4n) is 2.03. The number of benzene rings is 1. The first kappa shape index (κ1) is 11.4. The van der Waals surface area contributed by atoms with Crippen molar-refractivity contribution in [2.45, 2.75) is 12.7 Å². The van der Waals surface area contributed by atoms with Crippen LogP contribution >= 0.6 is 0 Å². The molecule has 0 amide bonds. The zero-order valence-electron chi connectivity index (χ0n) is 9.57. The Labute approximate surface area is 94.8 Å². The highest BCUT2D eigenvalue weighted by Crippen LogP contribution is 2.28. The fourth-order valence-corrected chi connectivity index (χ4v) is 2.03. The van der Waals surface area contributed by atoms with E-state index in [4.69, 9.17) is 9.47 Å². The van der Waals surface area contributed by atoms with Gasteiger partial charge in [-0.15, -0.1) is 0 Å². The van der Waals surface area contributed by atoms with Crippen molar-refractivity contribution in [1.82, 2.24) is 0 Å². The number of nitrogens with zero attached hydrogens (tertiary/aromatic N) is 1. The molecule has 88 valence electrons. The van der Waals surface area contributed by atoms with Crippen LogP contribution in [-0.4, -0.2) is 33.6 Å². The molecule has 16 heavy (non-hydrogen) atoms. The number of anilines is 1. The van der Waals surface area contributed by atoms with E-state index < -0.39 is 0 Å². The highest BCUT2D eigenvalue weighted by molar-refractivity contribution is 5.58. The van der Waals surface area contributed by atoms with E-state index in [0.29, 0.717) is 6.54 Å². The van der Waals surface area contributed by atoms with Gasteiger partial charge in [-0.3, -0.25) is 0 Å². The minimum Gasteiger partial charge on any atom is -0.366 e. The Morgan fingerprint density at radius 3 is 2.81 bits per heavy atom. The van der Waals surface area contributed by atoms with Gasteiger partial charge in [-0.05, 0) is 24.1 Å². The van der Waals surface area contributed by atoms with E-state index in [2.05, 4.69) is 4.90 Å². The van der Waals surface area contributed by atoms with Crippen LogP contribution in [0, 0.1) is 5.82 Å². The molecule has 0 aliphatic carbocycles. The second-order valence-corrected chi connectivity index (χ2v) is 3.87. The quantitative estimate of drug-likeness (QED) is 0.729. The molecule has 0 spiro atoms. The first-order valence-electron chi connectivity index (χ1n) is 5.33. The number of fused-ring (bicyclic) bond motifs is 1. The molecule has 1 aliphatic heterocycles. The van der Waals surface area contributed by atoms with Gasteiger partial charge < -0.3 is 14.4 Å². The Bertz CT molecular complexity index is 366. The molecule has 0 saturated heterocycles. The van der Waals surface area contributed by atoms with Crippen molar-refractivity contribution < 1.29 is 13.9 Å². The number of hydrogen-bond acceptors (Lipinski definition) is 3. The maximum atomic E-state index is 13.1. The fraction of sp³-hybridized carbons (Fsp3) is 0.500. The Morgan fingerprint density at radius 1 is 1.38 bits per heavy atom. The van der Waals surface area contributed by atoms with Gasteiger partial charge in [0.15, 0.2) is 6.29 Å². The third kappa shape index (κ3) is 2.18. The van der Waals surface area contributed by atoms with E-state index in [1.54, 1.807) is 20.3 Å². The Morgan fingerprint density at radius 2 is 2.12 bits per heavy atom. The molecule has 1 aliphatic rings. The molecular formula is C12H16FNO2. The molecule has 1 aromatic rings. The summed E-state index contributed by atoms with van der Waals surface area (Å²) < 4.78 is 23.4. The summed E-state index contributed by atoms with van der Waals surface area (Å²) in [6.07, 6.45) is 0.685. The SMILES string of the molecule is COC(CN1CCc2ccc(F)cc21)OC. The molecule has 0 radical (unpaired) electrons. The molecule has 0 aromatic heterocycles. The molecule has 3 nitrogen and oxygen atoms in total. The van der Waals surface area contributed by atoms with Crippen LogP contribution in [-0.2, 0) is 15.9 Å². The van der Waals surface area contributed by atoms with Crippen LogP contribution in [0.15, 0.2) is 18.2 Å². The normalized spacial score (nSPS) is 14.6. The number of ether oxygens (including phenoxy) is 2. The van der Waals surface area contributed by atoms with Crippen LogP contribution in [0.5, 0.6) is 0 Å². The third-order valence-corrected chi connectivity index (χ3v) is 2.93. The van der Waals surface area contributed by atoms with Gasteiger partial charge in [0, 0.05) is 26.5 Å². The monoisotopic (exact) mass is 225 g/mol. The average Bonchev–Trinajstić information content (AvgIpc) is 2.68. The topological polar surface area (TPSA) is 21.7 Å². The van der Waals surface area contributed by atoms with E-state index in [0.717, 1.165) is 18.7 Å². The first-order chi connectivity index (χ1) is 7.74. The maximum absolute atomic E-state index is 13.1. The van der Waals surface area contributed by atoms with Crippen molar-refractivity contribution in [3.05, 3.63) is 29.6 Å². The van der Waals surface area contributed by atoms with Gasteiger partial charge in [0.2, 0.25) is 0 Å². The molecule has 0 N–H and O–H groups in total. The summed E-state index contributed by atoms with van der Waals surface area (Å²) in [5, 5.41) is 0. The van der Waals surface area contributed by atoms with Gasteiger partial charge >= 0.3 is 0 Å². The second kappa shape index (κ2) is 4.80. The minimum atomic E-state index is -0.269. The Kier molecular flexibility index (Phi) is 3.41. The van der Waals surface area contributed by atoms with Gasteiger partial charge in [-0.1, -0.05) is 6.07 Å². The minimum absolute atomic E-state index is 0.197. The van der Waals surface area contributed by atoms with Gasteiger partial charge in [0.25, 0.3) is 0 Å². The van der Waals surface area contributed by atoms with E-state index in [1.807, 2.05) is 6.07 Å². The highest BCUT2D eigenvalue weighted by atomic mass is 19.1. The molecule has 0 unspecified atom stereocenters. The Balaban J connectivity index is 2.13. The van der Waals surface area contributed by atoms with Crippen LogP contribution in [0.25, 0.3) is 0 Å². The smallest absolute Gasteiger partial charge is 0.174 e. The van der Waals surface area contributed by atoms with Crippen molar-refractivity contribution >= 4 is 5.69 Å². The number of hydrogen-bond donors (Lipinski definition) is 0. The highest BCUT2D eigenvalue weighted by Gasteiger charge is 2.22. The van der Waals surface area contributed by atoms with E-state index in [9.17, 15) is 4.39 Å². The molecule has 1 aromatic carbocycles. The molecule has 4 heteroatoms. The molecule has 0 bridgehead atoms. The summed E-state index contributed by atoms with van der Waals surface area (Å²) in [6, 6.07) is 4.93. The van der Waals surface area contributed by atoms with Crippen LogP contribution in [0.3, 0.4) is 0 Å². The molecular weight excluding hydrogens is 209 g/mol. The van der Waals surface area contributed by atoms with Gasteiger partial charge in [0.1, 0.15) is 5.82 Å². The molecule has 0 saturated carbocycles. The number of halogens is 1. The van der Waals surface area contributed by atoms with Crippen molar-refractivity contribution in [1.29, 1.82) is 0 Å². The van der Waals surface area contributed by atoms with Crippen LogP contribution in [0.2, 0.25) is 0 Å². The zero-order chi connectivity index (χ0) is 11.5. The largest absolute Gasteiger partial charge is 0.366 e. The summed E-state index contributed by atoms with van der Waals surface area (Å²) >= 11 is 0. The van der Waals surface area contributed by atoms with E-state index >= 15 is 0 Å². The third-order valence-electron chi connectivity index (χ3n) is 2.93. The second-order valence-electron chi connectivity index (χ2n) is 3.87. The van der Waals surface area contributed by atoms with Crippen LogP contribution in [0.1, 0.15) is 5.56 Å². The van der Waals surface area contributed by atoms with Crippen molar-refractivity contribution in [2.75, 3.05) is 32.2 Å². The summed E-state index contributed by atoms with van der Waals surface area (Å²) in [6.45, 7) is 1.52. The maximum Gasteiger partial charge on any atom is 0.174 e. The lowest BCUT2D eigenvalue weighted by atomic mass is 10.2. The van der Waals surface area contributed by atoms with Gasteiger partial charge in [-0.25, -0.2) is 4.39 Å². The summed E-state index contributed by atoms with van der Waals surface area (Å²) in [7, 11) is 3.22. The van der Waals surface area contributed by atoms with Gasteiger partial charge in [0.05, 0.1) is 6.54 Å². The lowest BCUT2D eigenvalue weighted by Gasteiger charge is -2.24. The summed E-state index contributed by atoms with van der Waals surface area (Å²) in [5.74, 6) is -0.197. The molecule has 1 heterocycles. The van der Waals surface area contributed by atoms with Crippen LogP contribution < -0.4 is 4.90 Å². The Hall–Kier alpha value is -1.13. The van der Waals surface area contributed by atoms with Crippen molar-refractivity contribution in [3.63, 3.8) is 0 Å². The predicted octanol–water partition coefficient (Wildman–Crippen LogP) is 1.81. The lowest BCUT2D eigenvalue weighted by Crippen LogP contribution is -2.33. The number of methoxy groups -OCH3 is 2. The predicted molar refractivity (Wildman–Crippen MR) is 60.1 cm³/mol.